The SMILES string of the molecule is Cc1ccc(S(=O)(=O)N(CC(=O)Nc2ccc(S(=O)(=O)Nc3ccc(Br)cc3)cc2)c2ccc(Oc3ccccc3)cc2)cc1. The maximum Gasteiger partial charge on any atom is 0.264 e. The van der Waals surface area contributed by atoms with Crippen LogP contribution in [-0.4, -0.2) is 29.3 Å². The molecule has 12 heteroatoms. The summed E-state index contributed by atoms with van der Waals surface area (Å²) in [6.45, 7) is 1.31. The highest BCUT2D eigenvalue weighted by Gasteiger charge is 2.27. The Morgan fingerprint density at radius 1 is 0.689 bits per heavy atom. The molecule has 0 aromatic heterocycles. The van der Waals surface area contributed by atoms with Crippen LogP contribution in [0.3, 0.4) is 0 Å². The summed E-state index contributed by atoms with van der Waals surface area (Å²) in [4.78, 5) is 13.2. The Kier molecular flexibility index (Phi) is 9.57. The van der Waals surface area contributed by atoms with Gasteiger partial charge in [0.1, 0.15) is 18.0 Å². The van der Waals surface area contributed by atoms with Crippen LogP contribution < -0.4 is 19.1 Å². The van der Waals surface area contributed by atoms with Crippen LogP contribution in [0.25, 0.3) is 0 Å². The molecule has 0 spiro atoms. The van der Waals surface area contributed by atoms with E-state index >= 15 is 0 Å². The van der Waals surface area contributed by atoms with Crippen molar-refractivity contribution in [3.8, 4) is 11.5 Å². The average Bonchev–Trinajstić information content (AvgIpc) is 3.02. The minimum absolute atomic E-state index is 0.00944. The molecule has 230 valence electrons. The van der Waals surface area contributed by atoms with E-state index in [1.165, 1.54) is 36.4 Å². The van der Waals surface area contributed by atoms with Gasteiger partial charge in [0, 0.05) is 15.8 Å². The standard InChI is InChI=1S/C33H28BrN3O6S2/c1-24-7-19-32(20-8-24)45(41,42)37(28-15-17-30(18-16-28)43-29-5-3-2-4-6-29)23-33(38)35-26-13-21-31(22-14-26)44(39,40)36-27-11-9-25(34)10-12-27/h2-22,36H,23H2,1H3,(H,35,38). The van der Waals surface area contributed by atoms with Gasteiger partial charge in [-0.15, -0.1) is 0 Å². The number of para-hydroxylation sites is 1. The molecule has 1 amide bonds. The molecule has 0 aliphatic rings. The summed E-state index contributed by atoms with van der Waals surface area (Å²) in [6.07, 6.45) is 0. The van der Waals surface area contributed by atoms with Crippen molar-refractivity contribution >= 4 is 58.9 Å². The molecule has 5 rings (SSSR count). The molecule has 2 N–H and O–H groups in total. The monoisotopic (exact) mass is 705 g/mol. The summed E-state index contributed by atoms with van der Waals surface area (Å²) >= 11 is 3.31. The molecular weight excluding hydrogens is 678 g/mol. The number of amides is 1. The second-order valence-corrected chi connectivity index (χ2v) is 14.4. The first-order chi connectivity index (χ1) is 21.5. The third kappa shape index (κ3) is 8.09. The molecule has 0 saturated heterocycles. The molecule has 45 heavy (non-hydrogen) atoms. The van der Waals surface area contributed by atoms with E-state index in [2.05, 4.69) is 26.0 Å². The lowest BCUT2D eigenvalue weighted by Crippen LogP contribution is -2.38. The van der Waals surface area contributed by atoms with Crippen molar-refractivity contribution in [3.05, 3.63) is 137 Å². The van der Waals surface area contributed by atoms with Crippen LogP contribution in [0.5, 0.6) is 11.5 Å². The second kappa shape index (κ2) is 13.6. The van der Waals surface area contributed by atoms with Gasteiger partial charge in [-0.05, 0) is 104 Å². The van der Waals surface area contributed by atoms with Crippen molar-refractivity contribution < 1.29 is 26.4 Å². The Morgan fingerprint density at radius 3 is 1.87 bits per heavy atom. The quantitative estimate of drug-likeness (QED) is 0.150. The van der Waals surface area contributed by atoms with Crippen molar-refractivity contribution in [2.45, 2.75) is 16.7 Å². The zero-order valence-electron chi connectivity index (χ0n) is 23.9. The smallest absolute Gasteiger partial charge is 0.264 e. The number of carbonyl (C=O) groups is 1. The second-order valence-electron chi connectivity index (χ2n) is 9.92. The van der Waals surface area contributed by atoms with E-state index in [9.17, 15) is 21.6 Å². The fourth-order valence-electron chi connectivity index (χ4n) is 4.24. The van der Waals surface area contributed by atoms with E-state index in [0.717, 1.165) is 14.3 Å². The number of aryl methyl sites for hydroxylation is 1. The Balaban J connectivity index is 1.34. The number of sulfonamides is 2. The van der Waals surface area contributed by atoms with Gasteiger partial charge in [0.05, 0.1) is 15.5 Å². The van der Waals surface area contributed by atoms with Crippen LogP contribution in [0.1, 0.15) is 5.56 Å². The Morgan fingerprint density at radius 2 is 1.24 bits per heavy atom. The lowest BCUT2D eigenvalue weighted by atomic mass is 10.2. The van der Waals surface area contributed by atoms with Gasteiger partial charge in [0.15, 0.2) is 0 Å². The van der Waals surface area contributed by atoms with Crippen molar-refractivity contribution in [2.24, 2.45) is 0 Å². The maximum absolute atomic E-state index is 13.8. The maximum atomic E-state index is 13.8. The number of carbonyl (C=O) groups excluding carboxylic acids is 1. The Hall–Kier alpha value is -4.65. The molecular formula is C33H28BrN3O6S2. The largest absolute Gasteiger partial charge is 0.457 e. The molecule has 9 nitrogen and oxygen atoms in total. The van der Waals surface area contributed by atoms with Crippen molar-refractivity contribution in [2.75, 3.05) is 20.9 Å². The van der Waals surface area contributed by atoms with Crippen LogP contribution in [0.15, 0.2) is 142 Å². The van der Waals surface area contributed by atoms with Crippen molar-refractivity contribution in [1.82, 2.24) is 0 Å². The molecule has 5 aromatic rings. The van der Waals surface area contributed by atoms with E-state index in [-0.39, 0.29) is 15.5 Å². The third-order valence-corrected chi connectivity index (χ3v) is 10.3. The summed E-state index contributed by atoms with van der Waals surface area (Å²) in [5, 5.41) is 2.66. The van der Waals surface area contributed by atoms with Crippen LogP contribution in [0.4, 0.5) is 17.1 Å². The number of hydrogen-bond acceptors (Lipinski definition) is 6. The first-order valence-corrected chi connectivity index (χ1v) is 17.3. The zero-order chi connectivity index (χ0) is 32.0. The van der Waals surface area contributed by atoms with Crippen LogP contribution >= 0.6 is 15.9 Å². The predicted octanol–water partition coefficient (Wildman–Crippen LogP) is 7.18. The number of ether oxygens (including phenoxy) is 1. The molecule has 0 atom stereocenters. The third-order valence-electron chi connectivity index (χ3n) is 6.54. The summed E-state index contributed by atoms with van der Waals surface area (Å²) in [6, 6.07) is 34.1. The summed E-state index contributed by atoms with van der Waals surface area (Å²) in [7, 11) is -8.03. The minimum Gasteiger partial charge on any atom is -0.457 e. The lowest BCUT2D eigenvalue weighted by molar-refractivity contribution is -0.114. The molecule has 0 aliphatic carbocycles. The minimum atomic E-state index is -4.15. The average molecular weight is 707 g/mol. The summed E-state index contributed by atoms with van der Waals surface area (Å²) in [5.74, 6) is 0.488. The van der Waals surface area contributed by atoms with Gasteiger partial charge in [0.2, 0.25) is 5.91 Å². The van der Waals surface area contributed by atoms with Crippen LogP contribution in [0, 0.1) is 6.92 Å². The van der Waals surface area contributed by atoms with E-state index < -0.39 is 32.5 Å². The van der Waals surface area contributed by atoms with Gasteiger partial charge in [-0.3, -0.25) is 13.8 Å². The van der Waals surface area contributed by atoms with Crippen LogP contribution in [0.2, 0.25) is 0 Å². The van der Waals surface area contributed by atoms with Crippen molar-refractivity contribution in [1.29, 1.82) is 0 Å². The number of nitrogens with zero attached hydrogens (tertiary/aromatic N) is 1. The van der Waals surface area contributed by atoms with Gasteiger partial charge in [0.25, 0.3) is 20.0 Å². The number of halogens is 1. The molecule has 0 unspecified atom stereocenters. The van der Waals surface area contributed by atoms with Gasteiger partial charge in [-0.25, -0.2) is 16.8 Å². The molecule has 0 aliphatic heterocycles. The highest BCUT2D eigenvalue weighted by molar-refractivity contribution is 9.10. The first-order valence-electron chi connectivity index (χ1n) is 13.6. The number of hydrogen-bond donors (Lipinski definition) is 2. The number of benzene rings is 5. The van der Waals surface area contributed by atoms with Crippen LogP contribution in [-0.2, 0) is 24.8 Å². The van der Waals surface area contributed by atoms with Crippen molar-refractivity contribution in [3.63, 3.8) is 0 Å². The van der Waals surface area contributed by atoms with Gasteiger partial charge < -0.3 is 10.1 Å². The van der Waals surface area contributed by atoms with Gasteiger partial charge in [-0.1, -0.05) is 51.8 Å². The Labute approximate surface area is 270 Å². The molecule has 5 aromatic carbocycles. The highest BCUT2D eigenvalue weighted by Crippen LogP contribution is 2.28. The van der Waals surface area contributed by atoms with E-state index in [4.69, 9.17) is 4.74 Å². The highest BCUT2D eigenvalue weighted by atomic mass is 79.9. The topological polar surface area (TPSA) is 122 Å². The fourth-order valence-corrected chi connectivity index (χ4v) is 6.98. The number of rotatable bonds is 11. The first kappa shape index (κ1) is 31.8. The molecule has 0 bridgehead atoms. The number of nitrogens with one attached hydrogen (secondary N) is 2. The zero-order valence-corrected chi connectivity index (χ0v) is 27.1. The van der Waals surface area contributed by atoms with E-state index in [0.29, 0.717) is 22.9 Å². The molecule has 0 radical (unpaired) electrons. The normalized spacial score (nSPS) is 11.4. The predicted molar refractivity (Wildman–Crippen MR) is 179 cm³/mol. The van der Waals surface area contributed by atoms with E-state index in [1.807, 2.05) is 25.1 Å². The fraction of sp³-hybridized carbons (Fsp3) is 0.0606. The van der Waals surface area contributed by atoms with Gasteiger partial charge in [-0.2, -0.15) is 0 Å². The molecule has 0 heterocycles. The molecule has 0 fully saturated rings. The van der Waals surface area contributed by atoms with Gasteiger partial charge >= 0.3 is 0 Å². The number of anilines is 3. The molecule has 0 saturated carbocycles. The summed E-state index contributed by atoms with van der Waals surface area (Å²) < 4.78 is 63.3. The summed E-state index contributed by atoms with van der Waals surface area (Å²) in [5.41, 5.74) is 1.83. The Bertz CT molecular complexity index is 1990. The van der Waals surface area contributed by atoms with E-state index in [1.54, 1.807) is 72.8 Å². The lowest BCUT2D eigenvalue weighted by Gasteiger charge is -2.24.